The molecule has 2 saturated heterocycles. The minimum Gasteiger partial charge on any atom is -0.357 e. The summed E-state index contributed by atoms with van der Waals surface area (Å²) in [6.07, 6.45) is 5.65. The molecular weight excluding hydrogens is 328 g/mol. The van der Waals surface area contributed by atoms with Gasteiger partial charge in [-0.2, -0.15) is 0 Å². The number of piperidine rings is 1. The number of carbonyl (C=O) groups excluding carboxylic acids is 1. The third-order valence-corrected chi connectivity index (χ3v) is 5.87. The van der Waals surface area contributed by atoms with E-state index in [2.05, 4.69) is 25.5 Å². The number of rotatable bonds is 4. The van der Waals surface area contributed by atoms with Gasteiger partial charge in [0.15, 0.2) is 0 Å². The second-order valence-electron chi connectivity index (χ2n) is 7.77. The Morgan fingerprint density at radius 3 is 2.81 bits per heavy atom. The van der Waals surface area contributed by atoms with Gasteiger partial charge in [-0.15, -0.1) is 0 Å². The van der Waals surface area contributed by atoms with E-state index >= 15 is 0 Å². The molecule has 0 aliphatic carbocycles. The number of anilines is 1. The highest BCUT2D eigenvalue weighted by Gasteiger charge is 2.30. The molecule has 0 spiro atoms. The third kappa shape index (κ3) is 3.69. The summed E-state index contributed by atoms with van der Waals surface area (Å²) in [5.74, 6) is 1.36. The fraction of sp³-hybridized carbons (Fsp3) is 0.737. The molecule has 4 heterocycles. The van der Waals surface area contributed by atoms with Crippen molar-refractivity contribution < 1.29 is 4.79 Å². The van der Waals surface area contributed by atoms with Gasteiger partial charge in [0.05, 0.1) is 5.69 Å². The van der Waals surface area contributed by atoms with Crippen LogP contribution in [-0.2, 0) is 13.0 Å². The summed E-state index contributed by atoms with van der Waals surface area (Å²) in [4.78, 5) is 26.7. The molecular formula is C19H30N6O. The highest BCUT2D eigenvalue weighted by molar-refractivity contribution is 5.94. The van der Waals surface area contributed by atoms with Crippen LogP contribution in [0.1, 0.15) is 47.4 Å². The predicted molar refractivity (Wildman–Crippen MR) is 101 cm³/mol. The Bertz CT molecular complexity index is 652. The number of amides is 1. The van der Waals surface area contributed by atoms with Crippen LogP contribution >= 0.6 is 0 Å². The molecule has 26 heavy (non-hydrogen) atoms. The van der Waals surface area contributed by atoms with Crippen LogP contribution in [0.5, 0.6) is 0 Å². The van der Waals surface area contributed by atoms with Crippen molar-refractivity contribution >= 4 is 11.9 Å². The lowest BCUT2D eigenvalue weighted by Gasteiger charge is -2.34. The molecule has 0 radical (unpaired) electrons. The SMILES string of the molecule is CNc1nc2c(c(C(=O)N3CCCC3)n1)CN(C[C@H]1CCCNC1)CC2. The van der Waals surface area contributed by atoms with E-state index in [1.165, 1.54) is 12.8 Å². The fourth-order valence-corrected chi connectivity index (χ4v) is 4.43. The van der Waals surface area contributed by atoms with Gasteiger partial charge in [0.25, 0.3) is 5.91 Å². The van der Waals surface area contributed by atoms with Crippen molar-refractivity contribution in [1.82, 2.24) is 25.1 Å². The van der Waals surface area contributed by atoms with Crippen LogP contribution in [-0.4, -0.2) is 72.0 Å². The van der Waals surface area contributed by atoms with Crippen LogP contribution in [0, 0.1) is 5.92 Å². The van der Waals surface area contributed by atoms with Gasteiger partial charge in [0.2, 0.25) is 5.95 Å². The summed E-state index contributed by atoms with van der Waals surface area (Å²) in [5.41, 5.74) is 2.72. The number of hydrogen-bond donors (Lipinski definition) is 2. The first-order valence-electron chi connectivity index (χ1n) is 10.0. The van der Waals surface area contributed by atoms with E-state index < -0.39 is 0 Å². The van der Waals surface area contributed by atoms with Crippen molar-refractivity contribution in [2.24, 2.45) is 5.92 Å². The second kappa shape index (κ2) is 7.88. The Kier molecular flexibility index (Phi) is 5.36. The minimum absolute atomic E-state index is 0.0823. The topological polar surface area (TPSA) is 73.4 Å². The first kappa shape index (κ1) is 17.7. The summed E-state index contributed by atoms with van der Waals surface area (Å²) < 4.78 is 0. The zero-order valence-electron chi connectivity index (χ0n) is 15.8. The van der Waals surface area contributed by atoms with Crippen LogP contribution < -0.4 is 10.6 Å². The maximum Gasteiger partial charge on any atom is 0.273 e. The van der Waals surface area contributed by atoms with E-state index in [0.29, 0.717) is 17.6 Å². The lowest BCUT2D eigenvalue weighted by atomic mass is 9.96. The van der Waals surface area contributed by atoms with E-state index in [0.717, 1.165) is 76.3 Å². The standard InChI is InChI=1S/C19H30N6O/c1-20-19-22-16-6-10-24(12-14-5-4-7-21-11-14)13-15(16)17(23-19)18(26)25-8-2-3-9-25/h14,21H,2-13H2,1H3,(H,20,22,23)/t14-/m0/s1. The Morgan fingerprint density at radius 1 is 1.23 bits per heavy atom. The average molecular weight is 358 g/mol. The smallest absolute Gasteiger partial charge is 0.273 e. The fourth-order valence-electron chi connectivity index (χ4n) is 4.43. The summed E-state index contributed by atoms with van der Waals surface area (Å²) in [5, 5.41) is 6.53. The number of carbonyl (C=O) groups is 1. The molecule has 7 heteroatoms. The lowest BCUT2D eigenvalue weighted by Crippen LogP contribution is -2.41. The van der Waals surface area contributed by atoms with E-state index in [-0.39, 0.29) is 5.91 Å². The monoisotopic (exact) mass is 358 g/mol. The molecule has 142 valence electrons. The summed E-state index contributed by atoms with van der Waals surface area (Å²) >= 11 is 0. The van der Waals surface area contributed by atoms with Crippen molar-refractivity contribution in [2.75, 3.05) is 51.6 Å². The molecule has 0 bridgehead atoms. The zero-order valence-corrected chi connectivity index (χ0v) is 15.8. The van der Waals surface area contributed by atoms with Crippen molar-refractivity contribution in [1.29, 1.82) is 0 Å². The molecule has 7 nitrogen and oxygen atoms in total. The molecule has 2 N–H and O–H groups in total. The maximum absolute atomic E-state index is 13.1. The van der Waals surface area contributed by atoms with Gasteiger partial charge >= 0.3 is 0 Å². The Hall–Kier alpha value is -1.73. The molecule has 3 aliphatic heterocycles. The maximum atomic E-state index is 13.1. The van der Waals surface area contributed by atoms with Crippen molar-refractivity contribution in [3.05, 3.63) is 17.0 Å². The Labute approximate surface area is 155 Å². The number of hydrogen-bond acceptors (Lipinski definition) is 6. The first-order valence-corrected chi connectivity index (χ1v) is 10.0. The largest absolute Gasteiger partial charge is 0.357 e. The molecule has 0 unspecified atom stereocenters. The van der Waals surface area contributed by atoms with E-state index in [1.807, 2.05) is 11.9 Å². The Morgan fingerprint density at radius 2 is 2.08 bits per heavy atom. The van der Waals surface area contributed by atoms with E-state index in [4.69, 9.17) is 0 Å². The van der Waals surface area contributed by atoms with Gasteiger partial charge in [-0.3, -0.25) is 9.69 Å². The number of nitrogens with one attached hydrogen (secondary N) is 2. The molecule has 1 aromatic rings. The predicted octanol–water partition coefficient (Wildman–Crippen LogP) is 1.11. The van der Waals surface area contributed by atoms with Crippen LogP contribution in [0.3, 0.4) is 0 Å². The van der Waals surface area contributed by atoms with Crippen LogP contribution in [0.15, 0.2) is 0 Å². The second-order valence-corrected chi connectivity index (χ2v) is 7.77. The lowest BCUT2D eigenvalue weighted by molar-refractivity contribution is 0.0782. The molecule has 2 fully saturated rings. The summed E-state index contributed by atoms with van der Waals surface area (Å²) in [6, 6.07) is 0. The summed E-state index contributed by atoms with van der Waals surface area (Å²) in [6.45, 7) is 6.86. The Balaban J connectivity index is 1.56. The third-order valence-electron chi connectivity index (χ3n) is 5.87. The van der Waals surface area contributed by atoms with Gasteiger partial charge in [0.1, 0.15) is 5.69 Å². The first-order chi connectivity index (χ1) is 12.7. The van der Waals surface area contributed by atoms with Crippen LogP contribution in [0.25, 0.3) is 0 Å². The molecule has 1 amide bonds. The molecule has 0 aromatic carbocycles. The number of nitrogens with zero attached hydrogens (tertiary/aromatic N) is 4. The number of likely N-dealkylation sites (tertiary alicyclic amines) is 1. The van der Waals surface area contributed by atoms with Gasteiger partial charge in [-0.25, -0.2) is 9.97 Å². The molecule has 3 aliphatic rings. The van der Waals surface area contributed by atoms with Gasteiger partial charge in [-0.05, 0) is 44.7 Å². The number of aromatic nitrogens is 2. The highest BCUT2D eigenvalue weighted by atomic mass is 16.2. The molecule has 4 rings (SSSR count). The number of fused-ring (bicyclic) bond motifs is 1. The quantitative estimate of drug-likeness (QED) is 0.840. The minimum atomic E-state index is 0.0823. The normalized spacial score (nSPS) is 23.7. The van der Waals surface area contributed by atoms with Crippen LogP contribution in [0.2, 0.25) is 0 Å². The van der Waals surface area contributed by atoms with Gasteiger partial charge in [-0.1, -0.05) is 0 Å². The average Bonchev–Trinajstić information content (AvgIpc) is 3.22. The molecule has 1 aromatic heterocycles. The zero-order chi connectivity index (χ0) is 17.9. The van der Waals surface area contributed by atoms with E-state index in [9.17, 15) is 4.79 Å². The molecule has 0 saturated carbocycles. The highest BCUT2D eigenvalue weighted by Crippen LogP contribution is 2.25. The summed E-state index contributed by atoms with van der Waals surface area (Å²) in [7, 11) is 1.82. The van der Waals surface area contributed by atoms with E-state index in [1.54, 1.807) is 0 Å². The van der Waals surface area contributed by atoms with Crippen LogP contribution in [0.4, 0.5) is 5.95 Å². The molecule has 1 atom stereocenters. The van der Waals surface area contributed by atoms with Crippen molar-refractivity contribution in [2.45, 2.75) is 38.6 Å². The van der Waals surface area contributed by atoms with Gasteiger partial charge < -0.3 is 15.5 Å². The van der Waals surface area contributed by atoms with Crippen molar-refractivity contribution in [3.8, 4) is 0 Å². The van der Waals surface area contributed by atoms with Gasteiger partial charge in [0, 0.05) is 51.8 Å². The van der Waals surface area contributed by atoms with Crippen molar-refractivity contribution in [3.63, 3.8) is 0 Å².